The van der Waals surface area contributed by atoms with Gasteiger partial charge >= 0.3 is 0 Å². The van der Waals surface area contributed by atoms with E-state index in [0.717, 1.165) is 18.1 Å². The molecule has 3 aromatic rings. The standard InChI is InChI=1S/C30H37OP/c1-29(2,3)24-19-25(30(4,5)6)21-26(20-24)32(31)27(22-13-9-7-10-14-22)17-18-28(32)23-15-11-8-12-16-23/h7-16,19-21,27-28H,17-18H2,1-6H3/t27-,28-/m0/s1. The fraction of sp³-hybridized carbons (Fsp3) is 0.400. The Labute approximate surface area is 194 Å². The van der Waals surface area contributed by atoms with E-state index in [2.05, 4.69) is 120 Å². The van der Waals surface area contributed by atoms with Crippen molar-refractivity contribution >= 4 is 12.4 Å². The molecule has 0 amide bonds. The first-order valence-corrected chi connectivity index (χ1v) is 13.7. The Morgan fingerprint density at radius 2 is 1.00 bits per heavy atom. The predicted molar refractivity (Wildman–Crippen MR) is 139 cm³/mol. The first kappa shape index (κ1) is 23.1. The summed E-state index contributed by atoms with van der Waals surface area (Å²) in [5, 5.41) is 1.06. The highest BCUT2D eigenvalue weighted by molar-refractivity contribution is 7.72. The average Bonchev–Trinajstić information content (AvgIpc) is 3.11. The average molecular weight is 445 g/mol. The summed E-state index contributed by atoms with van der Waals surface area (Å²) >= 11 is 0. The van der Waals surface area contributed by atoms with Crippen LogP contribution in [0.3, 0.4) is 0 Å². The van der Waals surface area contributed by atoms with E-state index in [1.165, 1.54) is 22.3 Å². The van der Waals surface area contributed by atoms with Gasteiger partial charge in [0.15, 0.2) is 0 Å². The summed E-state index contributed by atoms with van der Waals surface area (Å²) in [6, 6.07) is 28.0. The van der Waals surface area contributed by atoms with Gasteiger partial charge in [0.25, 0.3) is 0 Å². The number of rotatable bonds is 3. The third-order valence-electron chi connectivity index (χ3n) is 7.06. The van der Waals surface area contributed by atoms with Crippen molar-refractivity contribution in [1.82, 2.24) is 0 Å². The lowest BCUT2D eigenvalue weighted by atomic mass is 9.81. The molecule has 1 aliphatic heterocycles. The Balaban J connectivity index is 1.98. The van der Waals surface area contributed by atoms with Gasteiger partial charge in [0.2, 0.25) is 0 Å². The molecule has 3 aromatic carbocycles. The molecule has 0 saturated carbocycles. The summed E-state index contributed by atoms with van der Waals surface area (Å²) in [4.78, 5) is 0. The predicted octanol–water partition coefficient (Wildman–Crippen LogP) is 8.55. The molecule has 0 bridgehead atoms. The topological polar surface area (TPSA) is 17.1 Å². The van der Waals surface area contributed by atoms with Gasteiger partial charge in [0.05, 0.1) is 0 Å². The molecule has 0 aliphatic carbocycles. The summed E-state index contributed by atoms with van der Waals surface area (Å²) < 4.78 is 15.4. The van der Waals surface area contributed by atoms with Crippen molar-refractivity contribution in [2.45, 2.75) is 76.5 Å². The maximum absolute atomic E-state index is 15.4. The number of hydrogen-bond acceptors (Lipinski definition) is 1. The Bertz CT molecular complexity index is 1030. The first-order chi connectivity index (χ1) is 15.0. The van der Waals surface area contributed by atoms with Crippen molar-refractivity contribution in [3.8, 4) is 0 Å². The van der Waals surface area contributed by atoms with Crippen LogP contribution in [0.15, 0.2) is 78.9 Å². The second-order valence-electron chi connectivity index (χ2n) is 11.4. The Morgan fingerprint density at radius 3 is 1.34 bits per heavy atom. The van der Waals surface area contributed by atoms with Crippen molar-refractivity contribution in [2.75, 3.05) is 0 Å². The van der Waals surface area contributed by atoms with Crippen LogP contribution in [0.2, 0.25) is 0 Å². The van der Waals surface area contributed by atoms with E-state index >= 15 is 4.57 Å². The lowest BCUT2D eigenvalue weighted by molar-refractivity contribution is 0.566. The van der Waals surface area contributed by atoms with Gasteiger partial charge in [0.1, 0.15) is 7.14 Å². The summed E-state index contributed by atoms with van der Waals surface area (Å²) in [6.07, 6.45) is 1.93. The third kappa shape index (κ3) is 4.25. The van der Waals surface area contributed by atoms with Crippen LogP contribution < -0.4 is 5.30 Å². The summed E-state index contributed by atoms with van der Waals surface area (Å²) in [5.41, 5.74) is 5.12. The van der Waals surface area contributed by atoms with Crippen molar-refractivity contribution in [2.24, 2.45) is 0 Å². The van der Waals surface area contributed by atoms with Crippen LogP contribution in [0.4, 0.5) is 0 Å². The van der Waals surface area contributed by atoms with Gasteiger partial charge in [-0.25, -0.2) is 0 Å². The van der Waals surface area contributed by atoms with Gasteiger partial charge in [0, 0.05) is 16.6 Å². The van der Waals surface area contributed by atoms with Gasteiger partial charge in [-0.2, -0.15) is 0 Å². The van der Waals surface area contributed by atoms with Gasteiger partial charge in [-0.05, 0) is 58.1 Å². The van der Waals surface area contributed by atoms with E-state index < -0.39 is 7.14 Å². The molecular weight excluding hydrogens is 407 g/mol. The monoisotopic (exact) mass is 444 g/mol. The zero-order chi connectivity index (χ0) is 23.1. The van der Waals surface area contributed by atoms with E-state index in [4.69, 9.17) is 0 Å². The normalized spacial score (nSPS) is 20.9. The molecule has 0 unspecified atom stereocenters. The van der Waals surface area contributed by atoms with Crippen LogP contribution in [0.25, 0.3) is 0 Å². The molecule has 2 atom stereocenters. The molecule has 168 valence electrons. The van der Waals surface area contributed by atoms with Crippen LogP contribution in [-0.4, -0.2) is 0 Å². The molecule has 32 heavy (non-hydrogen) atoms. The zero-order valence-electron chi connectivity index (χ0n) is 20.4. The summed E-state index contributed by atoms with van der Waals surface area (Å²) in [6.45, 7) is 13.5. The van der Waals surface area contributed by atoms with Crippen LogP contribution in [0, 0.1) is 0 Å². The largest absolute Gasteiger partial charge is 0.317 e. The van der Waals surface area contributed by atoms with Crippen LogP contribution in [0.1, 0.15) is 88.0 Å². The Hall–Kier alpha value is -2.11. The van der Waals surface area contributed by atoms with Crippen LogP contribution in [0.5, 0.6) is 0 Å². The van der Waals surface area contributed by atoms with Gasteiger partial charge < -0.3 is 4.57 Å². The fourth-order valence-corrected chi connectivity index (χ4v) is 9.21. The molecule has 4 rings (SSSR count). The van der Waals surface area contributed by atoms with Crippen LogP contribution in [-0.2, 0) is 15.4 Å². The molecule has 0 spiro atoms. The third-order valence-corrected chi connectivity index (χ3v) is 11.1. The molecule has 0 radical (unpaired) electrons. The van der Waals surface area contributed by atoms with Gasteiger partial charge in [-0.1, -0.05) is 108 Å². The summed E-state index contributed by atoms with van der Waals surface area (Å²) in [5.74, 6) is 0. The quantitative estimate of drug-likeness (QED) is 0.370. The van der Waals surface area contributed by atoms with E-state index in [-0.39, 0.29) is 22.1 Å². The fourth-order valence-electron chi connectivity index (χ4n) is 5.08. The second-order valence-corrected chi connectivity index (χ2v) is 14.6. The Morgan fingerprint density at radius 1 is 0.625 bits per heavy atom. The van der Waals surface area contributed by atoms with Crippen molar-refractivity contribution < 1.29 is 4.57 Å². The molecule has 0 aromatic heterocycles. The van der Waals surface area contributed by atoms with E-state index in [9.17, 15) is 0 Å². The lowest BCUT2D eigenvalue weighted by Crippen LogP contribution is -2.22. The molecule has 1 fully saturated rings. The minimum atomic E-state index is -2.78. The van der Waals surface area contributed by atoms with E-state index in [1.807, 2.05) is 0 Å². The van der Waals surface area contributed by atoms with E-state index in [0.29, 0.717) is 0 Å². The Kier molecular flexibility index (Phi) is 6.01. The minimum absolute atomic E-state index is 0.000614. The molecule has 1 nitrogen and oxygen atoms in total. The highest BCUT2D eigenvalue weighted by Crippen LogP contribution is 2.75. The first-order valence-electron chi connectivity index (χ1n) is 11.9. The smallest absolute Gasteiger partial charge is 0.129 e. The van der Waals surface area contributed by atoms with Crippen molar-refractivity contribution in [3.63, 3.8) is 0 Å². The van der Waals surface area contributed by atoms with Gasteiger partial charge in [-0.15, -0.1) is 0 Å². The molecule has 2 heteroatoms. The maximum Gasteiger partial charge on any atom is 0.129 e. The van der Waals surface area contributed by atoms with Crippen molar-refractivity contribution in [1.29, 1.82) is 0 Å². The second kappa shape index (κ2) is 8.35. The minimum Gasteiger partial charge on any atom is -0.317 e. The summed E-state index contributed by atoms with van der Waals surface area (Å²) in [7, 11) is -2.78. The zero-order valence-corrected chi connectivity index (χ0v) is 21.3. The van der Waals surface area contributed by atoms with Crippen LogP contribution >= 0.6 is 7.14 Å². The molecule has 1 saturated heterocycles. The lowest BCUT2D eigenvalue weighted by Gasteiger charge is -2.32. The maximum atomic E-state index is 15.4. The molecular formula is C30H37OP. The number of hydrogen-bond donors (Lipinski definition) is 0. The molecule has 1 aliphatic rings. The highest BCUT2D eigenvalue weighted by Gasteiger charge is 2.49. The molecule has 1 heterocycles. The van der Waals surface area contributed by atoms with Crippen molar-refractivity contribution in [3.05, 3.63) is 101 Å². The van der Waals surface area contributed by atoms with E-state index in [1.54, 1.807) is 0 Å². The molecule has 0 N–H and O–H groups in total. The number of benzene rings is 3. The van der Waals surface area contributed by atoms with Gasteiger partial charge in [-0.3, -0.25) is 0 Å². The highest BCUT2D eigenvalue weighted by atomic mass is 31.2. The SMILES string of the molecule is CC(C)(C)c1cc(C(C)(C)C)cc(P2(=O)[C@H](c3ccccc3)CC[C@H]2c2ccccc2)c1.